The van der Waals surface area contributed by atoms with Crippen LogP contribution in [0.3, 0.4) is 0 Å². The number of benzene rings is 1. The lowest BCUT2D eigenvalue weighted by atomic mass is 9.77. The maximum absolute atomic E-state index is 9.96. The molecular weight excluding hydrogens is 328 g/mol. The highest BCUT2D eigenvalue weighted by molar-refractivity contribution is 6.33. The van der Waals surface area contributed by atoms with Crippen molar-refractivity contribution < 1.29 is 9.84 Å². The van der Waals surface area contributed by atoms with Crippen LogP contribution in [0.2, 0.25) is 5.15 Å². The Labute approximate surface area is 143 Å². The van der Waals surface area contributed by atoms with Crippen LogP contribution in [0.15, 0.2) is 36.9 Å². The molecule has 24 heavy (non-hydrogen) atoms. The van der Waals surface area contributed by atoms with Gasteiger partial charge in [0.2, 0.25) is 0 Å². The molecular formula is C17H15ClN4O2. The molecule has 1 N–H and O–H groups in total. The Morgan fingerprint density at radius 1 is 1.12 bits per heavy atom. The van der Waals surface area contributed by atoms with Gasteiger partial charge in [-0.25, -0.2) is 15.0 Å². The van der Waals surface area contributed by atoms with Gasteiger partial charge >= 0.3 is 0 Å². The number of ether oxygens (including phenoxy) is 1. The van der Waals surface area contributed by atoms with Gasteiger partial charge in [-0.2, -0.15) is 0 Å². The van der Waals surface area contributed by atoms with Gasteiger partial charge in [0.15, 0.2) is 10.8 Å². The fourth-order valence-corrected chi connectivity index (χ4v) is 4.35. The van der Waals surface area contributed by atoms with E-state index in [1.54, 1.807) is 6.33 Å². The van der Waals surface area contributed by atoms with Crippen molar-refractivity contribution in [2.45, 2.75) is 30.6 Å². The minimum Gasteiger partial charge on any atom is -0.393 e. The monoisotopic (exact) mass is 342 g/mol. The molecule has 2 unspecified atom stereocenters. The number of imidazole rings is 1. The number of halogens is 1. The molecule has 0 amide bonds. The second-order valence-electron chi connectivity index (χ2n) is 6.50. The number of nitrogens with zero attached hydrogens (tertiary/aromatic N) is 4. The van der Waals surface area contributed by atoms with E-state index in [9.17, 15) is 5.11 Å². The third-order valence-electron chi connectivity index (χ3n) is 5.27. The molecule has 6 nitrogen and oxygen atoms in total. The van der Waals surface area contributed by atoms with Gasteiger partial charge < -0.3 is 14.4 Å². The van der Waals surface area contributed by atoms with E-state index >= 15 is 0 Å². The molecule has 7 heteroatoms. The summed E-state index contributed by atoms with van der Waals surface area (Å²) in [4.78, 5) is 12.6. The molecule has 0 radical (unpaired) electrons. The number of fused-ring (bicyclic) bond motifs is 6. The number of rotatable bonds is 3. The number of aliphatic hydroxyl groups is 1. The molecule has 1 aromatic carbocycles. The van der Waals surface area contributed by atoms with Crippen molar-refractivity contribution in [3.63, 3.8) is 0 Å². The second-order valence-corrected chi connectivity index (χ2v) is 6.86. The Kier molecular flexibility index (Phi) is 2.84. The Morgan fingerprint density at radius 3 is 2.67 bits per heavy atom. The zero-order valence-electron chi connectivity index (χ0n) is 12.8. The highest BCUT2D eigenvalue weighted by Crippen LogP contribution is 2.58. The van der Waals surface area contributed by atoms with Gasteiger partial charge in [0.25, 0.3) is 0 Å². The highest BCUT2D eigenvalue weighted by atomic mass is 35.5. The smallest absolute Gasteiger partial charge is 0.164 e. The first kappa shape index (κ1) is 14.3. The van der Waals surface area contributed by atoms with E-state index in [0.717, 1.165) is 24.0 Å². The van der Waals surface area contributed by atoms with Crippen LogP contribution in [0.1, 0.15) is 24.0 Å². The fourth-order valence-electron chi connectivity index (χ4n) is 4.17. The van der Waals surface area contributed by atoms with Gasteiger partial charge in [-0.1, -0.05) is 35.9 Å². The predicted molar refractivity (Wildman–Crippen MR) is 87.5 cm³/mol. The van der Waals surface area contributed by atoms with Crippen molar-refractivity contribution in [3.05, 3.63) is 53.2 Å². The first-order chi connectivity index (χ1) is 11.7. The average Bonchev–Trinajstić information content (AvgIpc) is 3.27. The van der Waals surface area contributed by atoms with Crippen LogP contribution < -0.4 is 0 Å². The van der Waals surface area contributed by atoms with Crippen LogP contribution in [-0.4, -0.2) is 31.2 Å². The van der Waals surface area contributed by atoms with Crippen molar-refractivity contribution in [2.24, 2.45) is 0 Å². The zero-order chi connectivity index (χ0) is 16.4. The lowest BCUT2D eigenvalue weighted by molar-refractivity contribution is -0.116. The third kappa shape index (κ3) is 1.70. The number of hydrogen-bond donors (Lipinski definition) is 1. The second kappa shape index (κ2) is 4.75. The average molecular weight is 343 g/mol. The molecule has 2 atom stereocenters. The van der Waals surface area contributed by atoms with E-state index in [2.05, 4.69) is 27.1 Å². The van der Waals surface area contributed by atoms with Crippen LogP contribution in [0.4, 0.5) is 0 Å². The van der Waals surface area contributed by atoms with E-state index in [1.807, 2.05) is 16.7 Å². The quantitative estimate of drug-likeness (QED) is 0.740. The van der Waals surface area contributed by atoms with Gasteiger partial charge in [-0.3, -0.25) is 0 Å². The summed E-state index contributed by atoms with van der Waals surface area (Å²) in [6.45, 7) is 0.569. The third-order valence-corrected chi connectivity index (χ3v) is 5.55. The number of aromatic nitrogens is 4. The summed E-state index contributed by atoms with van der Waals surface area (Å²) in [6, 6.07) is 8.15. The van der Waals surface area contributed by atoms with E-state index in [1.165, 1.54) is 6.33 Å². The Balaban J connectivity index is 1.64. The number of hydrogen-bond acceptors (Lipinski definition) is 5. The SMILES string of the molecule is OCC12CCC(Cn3cnc4c(Cl)ncnc43)(O1)c1ccccc12. The highest BCUT2D eigenvalue weighted by Gasteiger charge is 2.59. The van der Waals surface area contributed by atoms with Gasteiger partial charge in [-0.05, 0) is 24.0 Å². The van der Waals surface area contributed by atoms with Crippen LogP contribution in [-0.2, 0) is 22.5 Å². The molecule has 0 saturated carbocycles. The molecule has 2 aromatic heterocycles. The maximum atomic E-state index is 9.96. The normalized spacial score (nSPS) is 27.8. The van der Waals surface area contributed by atoms with Gasteiger partial charge in [0.05, 0.1) is 19.5 Å². The lowest BCUT2D eigenvalue weighted by Gasteiger charge is -2.27. The largest absolute Gasteiger partial charge is 0.393 e. The van der Waals surface area contributed by atoms with Gasteiger partial charge in [-0.15, -0.1) is 0 Å². The maximum Gasteiger partial charge on any atom is 0.164 e. The van der Waals surface area contributed by atoms with Crippen molar-refractivity contribution in [3.8, 4) is 0 Å². The summed E-state index contributed by atoms with van der Waals surface area (Å²) in [6.07, 6.45) is 4.83. The summed E-state index contributed by atoms with van der Waals surface area (Å²) in [7, 11) is 0. The van der Waals surface area contributed by atoms with Crippen LogP contribution >= 0.6 is 11.6 Å². The Hall–Kier alpha value is -2.02. The van der Waals surface area contributed by atoms with Gasteiger partial charge in [0.1, 0.15) is 23.0 Å². The predicted octanol–water partition coefficient (Wildman–Crippen LogP) is 2.39. The van der Waals surface area contributed by atoms with Gasteiger partial charge in [0, 0.05) is 0 Å². The first-order valence-electron chi connectivity index (χ1n) is 7.90. The Bertz CT molecular complexity index is 959. The fraction of sp³-hybridized carbons (Fsp3) is 0.353. The molecule has 2 aliphatic rings. The van der Waals surface area contributed by atoms with Crippen LogP contribution in [0.5, 0.6) is 0 Å². The standard InChI is InChI=1S/C17H15ClN4O2/c18-14-13-15(20-9-19-14)22(10-21-13)7-16-5-6-17(8-23,24-16)12-4-2-1-3-11(12)16/h1-4,9-10,23H,5-8H2. The number of aliphatic hydroxyl groups excluding tert-OH is 1. The van der Waals surface area contributed by atoms with E-state index in [-0.39, 0.29) is 6.61 Å². The topological polar surface area (TPSA) is 73.1 Å². The van der Waals surface area contributed by atoms with E-state index in [0.29, 0.717) is 22.9 Å². The molecule has 2 bridgehead atoms. The van der Waals surface area contributed by atoms with Crippen LogP contribution in [0.25, 0.3) is 11.2 Å². The summed E-state index contributed by atoms with van der Waals surface area (Å²) < 4.78 is 8.40. The minimum absolute atomic E-state index is 0.00949. The summed E-state index contributed by atoms with van der Waals surface area (Å²) in [5.41, 5.74) is 2.47. The molecule has 1 fully saturated rings. The Morgan fingerprint density at radius 2 is 1.88 bits per heavy atom. The first-order valence-corrected chi connectivity index (χ1v) is 8.28. The molecule has 0 spiro atoms. The molecule has 122 valence electrons. The molecule has 3 aromatic rings. The van der Waals surface area contributed by atoms with Crippen molar-refractivity contribution >= 4 is 22.8 Å². The van der Waals surface area contributed by atoms with Crippen molar-refractivity contribution in [1.82, 2.24) is 19.5 Å². The summed E-state index contributed by atoms with van der Waals surface area (Å²) in [5.74, 6) is 0. The molecule has 4 heterocycles. The molecule has 2 aliphatic heterocycles. The molecule has 1 saturated heterocycles. The minimum atomic E-state index is -0.584. The zero-order valence-corrected chi connectivity index (χ0v) is 13.6. The summed E-state index contributed by atoms with van der Waals surface area (Å²) in [5, 5.41) is 10.3. The van der Waals surface area contributed by atoms with Crippen molar-refractivity contribution in [1.29, 1.82) is 0 Å². The molecule has 0 aliphatic carbocycles. The molecule has 5 rings (SSSR count). The van der Waals surface area contributed by atoms with Crippen molar-refractivity contribution in [2.75, 3.05) is 6.61 Å². The lowest BCUT2D eigenvalue weighted by Crippen LogP contribution is -2.29. The van der Waals surface area contributed by atoms with E-state index < -0.39 is 11.2 Å². The van der Waals surface area contributed by atoms with Crippen LogP contribution in [0, 0.1) is 0 Å². The van der Waals surface area contributed by atoms with E-state index in [4.69, 9.17) is 16.3 Å². The summed E-state index contributed by atoms with van der Waals surface area (Å²) >= 11 is 6.10.